The molecule has 0 bridgehead atoms. The summed E-state index contributed by atoms with van der Waals surface area (Å²) in [6.45, 7) is 0.512. The summed E-state index contributed by atoms with van der Waals surface area (Å²) in [5, 5.41) is 11.9. The van der Waals surface area contributed by atoms with Crippen molar-refractivity contribution in [2.45, 2.75) is 12.8 Å². The van der Waals surface area contributed by atoms with Crippen molar-refractivity contribution >= 4 is 39.9 Å². The molecule has 0 spiro atoms. The third-order valence-corrected chi connectivity index (χ3v) is 4.45. The van der Waals surface area contributed by atoms with Crippen LogP contribution in [0.2, 0.25) is 0 Å². The van der Waals surface area contributed by atoms with Gasteiger partial charge < -0.3 is 10.1 Å². The number of nitrogens with zero attached hydrogens (tertiary/aromatic N) is 2. The minimum Gasteiger partial charge on any atom is -0.373 e. The molecule has 25 heavy (non-hydrogen) atoms. The second-order valence-corrected chi connectivity index (χ2v) is 7.08. The zero-order valence-corrected chi connectivity index (χ0v) is 15.4. The molecule has 1 aliphatic carbocycles. The van der Waals surface area contributed by atoms with Crippen molar-refractivity contribution in [1.29, 1.82) is 5.26 Å². The molecule has 7 heteroatoms. The minimum absolute atomic E-state index is 0.0616. The molecular formula is C18H15FIN3O2. The standard InChI is InChI=1S/C18H15FIN3O2/c19-15-7-12(20)3-6-16(15)23-18-14(5-4-13(8-21)22-18)17(24)10-25-9-11-1-2-11/h3-7,11H,1-2,9-10H2,(H,22,23). The van der Waals surface area contributed by atoms with Crippen LogP contribution in [0.25, 0.3) is 0 Å². The van der Waals surface area contributed by atoms with Gasteiger partial charge in [0.1, 0.15) is 30.0 Å². The van der Waals surface area contributed by atoms with E-state index in [1.54, 1.807) is 12.1 Å². The van der Waals surface area contributed by atoms with Crippen molar-refractivity contribution in [1.82, 2.24) is 4.98 Å². The number of hydrogen-bond acceptors (Lipinski definition) is 5. The van der Waals surface area contributed by atoms with Crippen LogP contribution in [-0.2, 0) is 4.74 Å². The van der Waals surface area contributed by atoms with E-state index in [0.717, 1.165) is 16.4 Å². The topological polar surface area (TPSA) is 75.0 Å². The van der Waals surface area contributed by atoms with Crippen molar-refractivity contribution in [3.05, 3.63) is 51.0 Å². The van der Waals surface area contributed by atoms with Crippen LogP contribution in [0.3, 0.4) is 0 Å². The van der Waals surface area contributed by atoms with Gasteiger partial charge in [-0.15, -0.1) is 0 Å². The molecule has 1 heterocycles. The predicted molar refractivity (Wildman–Crippen MR) is 99.2 cm³/mol. The molecule has 0 atom stereocenters. The molecule has 1 aromatic carbocycles. The lowest BCUT2D eigenvalue weighted by Gasteiger charge is -2.12. The van der Waals surface area contributed by atoms with Crippen LogP contribution in [0.5, 0.6) is 0 Å². The van der Waals surface area contributed by atoms with Crippen LogP contribution in [0.4, 0.5) is 15.9 Å². The zero-order chi connectivity index (χ0) is 17.8. The van der Waals surface area contributed by atoms with Crippen molar-refractivity contribution in [3.63, 3.8) is 0 Å². The Kier molecular flexibility index (Phi) is 5.60. The number of pyridine rings is 1. The summed E-state index contributed by atoms with van der Waals surface area (Å²) in [6.07, 6.45) is 2.29. The molecule has 128 valence electrons. The summed E-state index contributed by atoms with van der Waals surface area (Å²) in [5.41, 5.74) is 0.604. The van der Waals surface area contributed by atoms with Gasteiger partial charge in [0.15, 0.2) is 5.78 Å². The molecule has 0 radical (unpaired) electrons. The summed E-state index contributed by atoms with van der Waals surface area (Å²) >= 11 is 2.01. The number of Topliss-reactive ketones (excluding diaryl/α,β-unsaturated/α-hetero) is 1. The number of aromatic nitrogens is 1. The number of halogens is 2. The molecule has 1 aromatic heterocycles. The van der Waals surface area contributed by atoms with Gasteiger partial charge in [-0.1, -0.05) is 0 Å². The Morgan fingerprint density at radius 3 is 2.88 bits per heavy atom. The first kappa shape index (κ1) is 17.8. The van der Waals surface area contributed by atoms with E-state index in [1.807, 2.05) is 28.7 Å². The third-order valence-electron chi connectivity index (χ3n) is 3.78. The van der Waals surface area contributed by atoms with Crippen LogP contribution < -0.4 is 5.32 Å². The molecular weight excluding hydrogens is 436 g/mol. The van der Waals surface area contributed by atoms with Crippen molar-refractivity contribution in [2.24, 2.45) is 5.92 Å². The van der Waals surface area contributed by atoms with Gasteiger partial charge in [-0.3, -0.25) is 4.79 Å². The number of benzene rings is 1. The van der Waals surface area contributed by atoms with Crippen molar-refractivity contribution in [3.8, 4) is 6.07 Å². The van der Waals surface area contributed by atoms with Gasteiger partial charge in [-0.05, 0) is 71.7 Å². The van der Waals surface area contributed by atoms with E-state index in [1.165, 1.54) is 18.2 Å². The molecule has 1 N–H and O–H groups in total. The van der Waals surface area contributed by atoms with E-state index >= 15 is 0 Å². The summed E-state index contributed by atoms with van der Waals surface area (Å²) in [5.74, 6) is -0.00458. The van der Waals surface area contributed by atoms with Crippen molar-refractivity contribution in [2.75, 3.05) is 18.5 Å². The molecule has 1 aliphatic rings. The van der Waals surface area contributed by atoms with Crippen LogP contribution in [0.1, 0.15) is 28.9 Å². The molecule has 2 aromatic rings. The normalized spacial score (nSPS) is 13.3. The first-order chi connectivity index (χ1) is 12.1. The maximum absolute atomic E-state index is 14.1. The molecule has 3 rings (SSSR count). The van der Waals surface area contributed by atoms with E-state index in [2.05, 4.69) is 10.3 Å². The number of carbonyl (C=O) groups excluding carboxylic acids is 1. The first-order valence-corrected chi connectivity index (χ1v) is 8.89. The van der Waals surface area contributed by atoms with Crippen LogP contribution >= 0.6 is 22.6 Å². The highest BCUT2D eigenvalue weighted by Crippen LogP contribution is 2.29. The van der Waals surface area contributed by atoms with Gasteiger partial charge >= 0.3 is 0 Å². The predicted octanol–water partition coefficient (Wildman–Crippen LogP) is 4.05. The number of nitriles is 1. The van der Waals surface area contributed by atoms with Gasteiger partial charge in [-0.2, -0.15) is 5.26 Å². The SMILES string of the molecule is N#Cc1ccc(C(=O)COCC2CC2)c(Nc2ccc(I)cc2F)n1. The number of anilines is 2. The Labute approximate surface area is 158 Å². The van der Waals surface area contributed by atoms with E-state index in [4.69, 9.17) is 10.00 Å². The average molecular weight is 451 g/mol. The molecule has 0 unspecified atom stereocenters. The number of ketones is 1. The maximum atomic E-state index is 14.1. The summed E-state index contributed by atoms with van der Waals surface area (Å²) in [7, 11) is 0. The maximum Gasteiger partial charge on any atom is 0.192 e. The number of nitrogens with one attached hydrogen (secondary N) is 1. The first-order valence-electron chi connectivity index (χ1n) is 7.81. The molecule has 5 nitrogen and oxygen atoms in total. The number of rotatable bonds is 7. The molecule has 0 amide bonds. The fourth-order valence-electron chi connectivity index (χ4n) is 2.24. The molecule has 0 aliphatic heterocycles. The number of hydrogen-bond donors (Lipinski definition) is 1. The molecule has 1 fully saturated rings. The second-order valence-electron chi connectivity index (χ2n) is 5.84. The van der Waals surface area contributed by atoms with Crippen LogP contribution in [0.15, 0.2) is 30.3 Å². The summed E-state index contributed by atoms with van der Waals surface area (Å²) < 4.78 is 20.3. The third kappa shape index (κ3) is 4.74. The molecule has 0 saturated heterocycles. The monoisotopic (exact) mass is 451 g/mol. The van der Waals surface area contributed by atoms with E-state index in [-0.39, 0.29) is 35.2 Å². The van der Waals surface area contributed by atoms with E-state index in [9.17, 15) is 9.18 Å². The zero-order valence-electron chi connectivity index (χ0n) is 13.3. The lowest BCUT2D eigenvalue weighted by Crippen LogP contribution is -2.14. The largest absolute Gasteiger partial charge is 0.373 e. The van der Waals surface area contributed by atoms with Crippen LogP contribution in [0, 0.1) is 26.6 Å². The highest BCUT2D eigenvalue weighted by atomic mass is 127. The Morgan fingerprint density at radius 1 is 1.40 bits per heavy atom. The van der Waals surface area contributed by atoms with Gasteiger partial charge in [0.25, 0.3) is 0 Å². The smallest absolute Gasteiger partial charge is 0.192 e. The lowest BCUT2D eigenvalue weighted by molar-refractivity contribution is 0.0740. The van der Waals surface area contributed by atoms with Gasteiger partial charge in [0, 0.05) is 3.57 Å². The van der Waals surface area contributed by atoms with Gasteiger partial charge in [0.05, 0.1) is 17.9 Å². The second kappa shape index (κ2) is 7.89. The van der Waals surface area contributed by atoms with Crippen molar-refractivity contribution < 1.29 is 13.9 Å². The minimum atomic E-state index is -0.459. The Balaban J connectivity index is 1.82. The average Bonchev–Trinajstić information content (AvgIpc) is 3.41. The number of carbonyl (C=O) groups is 1. The highest BCUT2D eigenvalue weighted by Gasteiger charge is 2.22. The summed E-state index contributed by atoms with van der Waals surface area (Å²) in [4.78, 5) is 16.5. The quantitative estimate of drug-likeness (QED) is 0.508. The Bertz CT molecular complexity index is 847. The van der Waals surface area contributed by atoms with Gasteiger partial charge in [-0.25, -0.2) is 9.37 Å². The summed E-state index contributed by atoms with van der Waals surface area (Å²) in [6, 6.07) is 9.57. The van der Waals surface area contributed by atoms with E-state index in [0.29, 0.717) is 12.5 Å². The van der Waals surface area contributed by atoms with Crippen LogP contribution in [-0.4, -0.2) is 24.0 Å². The Hall–Kier alpha value is -2.05. The highest BCUT2D eigenvalue weighted by molar-refractivity contribution is 14.1. The van der Waals surface area contributed by atoms with Gasteiger partial charge in [0.2, 0.25) is 0 Å². The Morgan fingerprint density at radius 2 is 2.20 bits per heavy atom. The number of ether oxygens (including phenoxy) is 1. The lowest BCUT2D eigenvalue weighted by atomic mass is 10.1. The van der Waals surface area contributed by atoms with E-state index < -0.39 is 5.82 Å². The molecule has 1 saturated carbocycles. The fraction of sp³-hybridized carbons (Fsp3) is 0.278. The fourth-order valence-corrected chi connectivity index (χ4v) is 2.69.